The Balaban J connectivity index is 1.44. The van der Waals surface area contributed by atoms with Gasteiger partial charge < -0.3 is 10.1 Å². The largest absolute Gasteiger partial charge is 0.497 e. The minimum atomic E-state index is -0.0106. The predicted molar refractivity (Wildman–Crippen MR) is 117 cm³/mol. The molecule has 1 aromatic heterocycles. The molecule has 1 heterocycles. The Kier molecular flexibility index (Phi) is 7.25. The molecule has 1 amide bonds. The van der Waals surface area contributed by atoms with Gasteiger partial charge in [-0.1, -0.05) is 36.0 Å². The van der Waals surface area contributed by atoms with Crippen LogP contribution < -0.4 is 10.1 Å². The zero-order valence-electron chi connectivity index (χ0n) is 16.9. The predicted octanol–water partition coefficient (Wildman–Crippen LogP) is 4.22. The highest BCUT2D eigenvalue weighted by atomic mass is 32.2. The topological polar surface area (TPSA) is 64.1 Å². The van der Waals surface area contributed by atoms with E-state index in [0.29, 0.717) is 12.3 Å². The highest BCUT2D eigenvalue weighted by Gasteiger charge is 2.06. The van der Waals surface area contributed by atoms with E-state index in [9.17, 15) is 4.79 Å². The number of aryl methyl sites for hydroxylation is 2. The summed E-state index contributed by atoms with van der Waals surface area (Å²) in [6.07, 6.45) is 0.783. The third kappa shape index (κ3) is 6.06. The van der Waals surface area contributed by atoms with Crippen LogP contribution in [0, 0.1) is 13.8 Å². The average Bonchev–Trinajstić information content (AvgIpc) is 2.75. The summed E-state index contributed by atoms with van der Waals surface area (Å²) >= 11 is 1.39. The smallest absolute Gasteiger partial charge is 0.230 e. The Morgan fingerprint density at radius 3 is 2.45 bits per heavy atom. The summed E-state index contributed by atoms with van der Waals surface area (Å²) in [5, 5.41) is 12.2. The first-order valence-electron chi connectivity index (χ1n) is 9.49. The molecule has 0 unspecified atom stereocenters. The number of thioether (sulfide) groups is 1. The van der Waals surface area contributed by atoms with Crippen molar-refractivity contribution in [3.05, 3.63) is 71.3 Å². The standard InChI is InChI=1S/C23H25N3O2S/c1-16-4-7-19(14-17(16)2)21-10-11-23(26-25-21)29-15-22(27)24-13-12-18-5-8-20(28-3)9-6-18/h4-11,14H,12-13,15H2,1-3H3,(H,24,27). The number of hydrogen-bond acceptors (Lipinski definition) is 5. The fourth-order valence-electron chi connectivity index (χ4n) is 2.78. The van der Waals surface area contributed by atoms with Crippen LogP contribution in [0.2, 0.25) is 0 Å². The lowest BCUT2D eigenvalue weighted by Crippen LogP contribution is -2.27. The number of benzene rings is 2. The molecular weight excluding hydrogens is 382 g/mol. The molecule has 0 spiro atoms. The van der Waals surface area contributed by atoms with Gasteiger partial charge in [-0.05, 0) is 67.3 Å². The van der Waals surface area contributed by atoms with Crippen molar-refractivity contribution in [2.75, 3.05) is 19.4 Å². The lowest BCUT2D eigenvalue weighted by Gasteiger charge is -2.07. The molecule has 1 N–H and O–H groups in total. The van der Waals surface area contributed by atoms with Gasteiger partial charge in [0.1, 0.15) is 10.8 Å². The number of nitrogens with one attached hydrogen (secondary N) is 1. The van der Waals surface area contributed by atoms with Gasteiger partial charge in [-0.15, -0.1) is 10.2 Å². The first-order chi connectivity index (χ1) is 14.0. The van der Waals surface area contributed by atoms with Crippen LogP contribution in [0.3, 0.4) is 0 Å². The lowest BCUT2D eigenvalue weighted by atomic mass is 10.0. The first kappa shape index (κ1) is 20.9. The Bertz CT molecular complexity index is 957. The maximum atomic E-state index is 12.1. The van der Waals surface area contributed by atoms with E-state index >= 15 is 0 Å². The van der Waals surface area contributed by atoms with E-state index in [1.54, 1.807) is 7.11 Å². The first-order valence-corrected chi connectivity index (χ1v) is 10.5. The molecule has 0 bridgehead atoms. The van der Waals surface area contributed by atoms with Gasteiger partial charge in [0.2, 0.25) is 5.91 Å². The number of rotatable bonds is 8. The summed E-state index contributed by atoms with van der Waals surface area (Å²) < 4.78 is 5.14. The van der Waals surface area contributed by atoms with E-state index in [4.69, 9.17) is 4.74 Å². The summed E-state index contributed by atoms with van der Waals surface area (Å²) in [5.41, 5.74) is 5.53. The van der Waals surface area contributed by atoms with Crippen molar-refractivity contribution in [1.29, 1.82) is 0 Å². The van der Waals surface area contributed by atoms with Gasteiger partial charge in [0.05, 0.1) is 18.6 Å². The fourth-order valence-corrected chi connectivity index (χ4v) is 3.42. The van der Waals surface area contributed by atoms with Crippen LogP contribution in [0.25, 0.3) is 11.3 Å². The number of carbonyl (C=O) groups is 1. The van der Waals surface area contributed by atoms with Gasteiger partial charge in [-0.3, -0.25) is 4.79 Å². The molecule has 150 valence electrons. The normalized spacial score (nSPS) is 10.6. The lowest BCUT2D eigenvalue weighted by molar-refractivity contribution is -0.118. The van der Waals surface area contributed by atoms with Gasteiger partial charge in [-0.25, -0.2) is 0 Å². The monoisotopic (exact) mass is 407 g/mol. The summed E-state index contributed by atoms with van der Waals surface area (Å²) in [6, 6.07) is 18.0. The molecule has 0 atom stereocenters. The van der Waals surface area contributed by atoms with E-state index < -0.39 is 0 Å². The second kappa shape index (κ2) is 10.1. The molecule has 6 heteroatoms. The molecule has 0 saturated carbocycles. The molecule has 29 heavy (non-hydrogen) atoms. The number of ether oxygens (including phenoxy) is 1. The quantitative estimate of drug-likeness (QED) is 0.567. The molecule has 0 aliphatic heterocycles. The molecule has 0 saturated heterocycles. The Labute approximate surface area is 175 Å². The molecular formula is C23H25N3O2S. The van der Waals surface area contributed by atoms with Crippen LogP contribution in [0.1, 0.15) is 16.7 Å². The summed E-state index contributed by atoms with van der Waals surface area (Å²) in [7, 11) is 1.65. The third-order valence-corrected chi connectivity index (χ3v) is 5.61. The average molecular weight is 408 g/mol. The fraction of sp³-hybridized carbons (Fsp3) is 0.261. The van der Waals surface area contributed by atoms with E-state index in [1.165, 1.54) is 22.9 Å². The van der Waals surface area contributed by atoms with Gasteiger partial charge >= 0.3 is 0 Å². The Morgan fingerprint density at radius 1 is 1.00 bits per heavy atom. The number of aromatic nitrogens is 2. The van der Waals surface area contributed by atoms with Crippen LogP contribution in [0.5, 0.6) is 5.75 Å². The number of carbonyl (C=O) groups excluding carboxylic acids is 1. The van der Waals surface area contributed by atoms with Crippen molar-refractivity contribution in [3.63, 3.8) is 0 Å². The minimum Gasteiger partial charge on any atom is -0.497 e. The molecule has 0 fully saturated rings. The van der Waals surface area contributed by atoms with Crippen molar-refractivity contribution < 1.29 is 9.53 Å². The van der Waals surface area contributed by atoms with E-state index in [-0.39, 0.29) is 5.91 Å². The van der Waals surface area contributed by atoms with Crippen LogP contribution >= 0.6 is 11.8 Å². The molecule has 0 radical (unpaired) electrons. The van der Waals surface area contributed by atoms with Crippen molar-refractivity contribution in [1.82, 2.24) is 15.5 Å². The summed E-state index contributed by atoms with van der Waals surface area (Å²) in [4.78, 5) is 12.1. The number of hydrogen-bond donors (Lipinski definition) is 1. The number of methoxy groups -OCH3 is 1. The van der Waals surface area contributed by atoms with Gasteiger partial charge in [-0.2, -0.15) is 0 Å². The number of amides is 1. The van der Waals surface area contributed by atoms with E-state index in [2.05, 4.69) is 47.6 Å². The van der Waals surface area contributed by atoms with Crippen molar-refractivity contribution in [2.45, 2.75) is 25.3 Å². The zero-order chi connectivity index (χ0) is 20.6. The van der Waals surface area contributed by atoms with Crippen molar-refractivity contribution in [3.8, 4) is 17.0 Å². The van der Waals surface area contributed by atoms with Gasteiger partial charge in [0, 0.05) is 12.1 Å². The molecule has 5 nitrogen and oxygen atoms in total. The Morgan fingerprint density at radius 2 is 1.79 bits per heavy atom. The van der Waals surface area contributed by atoms with Crippen LogP contribution in [0.4, 0.5) is 0 Å². The van der Waals surface area contributed by atoms with E-state index in [0.717, 1.165) is 34.0 Å². The minimum absolute atomic E-state index is 0.0106. The molecule has 3 rings (SSSR count). The second-order valence-corrected chi connectivity index (χ2v) is 7.79. The highest BCUT2D eigenvalue weighted by Crippen LogP contribution is 2.22. The second-order valence-electron chi connectivity index (χ2n) is 6.79. The van der Waals surface area contributed by atoms with E-state index in [1.807, 2.05) is 36.4 Å². The summed E-state index contributed by atoms with van der Waals surface area (Å²) in [5.74, 6) is 1.14. The molecule has 0 aliphatic rings. The maximum absolute atomic E-state index is 12.1. The highest BCUT2D eigenvalue weighted by molar-refractivity contribution is 7.99. The Hall–Kier alpha value is -2.86. The third-order valence-electron chi connectivity index (χ3n) is 4.69. The zero-order valence-corrected chi connectivity index (χ0v) is 17.8. The maximum Gasteiger partial charge on any atom is 0.230 e. The summed E-state index contributed by atoms with van der Waals surface area (Å²) in [6.45, 7) is 4.78. The van der Waals surface area contributed by atoms with Crippen LogP contribution in [-0.2, 0) is 11.2 Å². The van der Waals surface area contributed by atoms with Crippen LogP contribution in [-0.4, -0.2) is 35.5 Å². The van der Waals surface area contributed by atoms with Crippen molar-refractivity contribution >= 4 is 17.7 Å². The molecule has 0 aliphatic carbocycles. The van der Waals surface area contributed by atoms with Crippen molar-refractivity contribution in [2.24, 2.45) is 0 Å². The number of nitrogens with zero attached hydrogens (tertiary/aromatic N) is 2. The molecule has 2 aromatic carbocycles. The SMILES string of the molecule is COc1ccc(CCNC(=O)CSc2ccc(-c3ccc(C)c(C)c3)nn2)cc1. The molecule has 3 aromatic rings. The van der Waals surface area contributed by atoms with Crippen LogP contribution in [0.15, 0.2) is 59.6 Å². The van der Waals surface area contributed by atoms with Gasteiger partial charge in [0.25, 0.3) is 0 Å². The van der Waals surface area contributed by atoms with Gasteiger partial charge in [0.15, 0.2) is 0 Å².